The standard InChI is InChI=1S/C28H32O10/c1-31-26-24(38-28(30)34-20-14-8-9-15-20)23(37-27(29)33-16-18-10-4-2-5-11-18)22-21(35-26)17-32-25(36-22)19-12-6-3-7-13-19/h2-7,10-13,20-26H,8-9,14-17H2,1H3/t21-,22-,23+,24-,25?,26+/m1/s1. The molecule has 38 heavy (non-hydrogen) atoms. The van der Waals surface area contributed by atoms with Gasteiger partial charge in [-0.1, -0.05) is 60.7 Å². The van der Waals surface area contributed by atoms with Crippen molar-refractivity contribution in [1.29, 1.82) is 0 Å². The van der Waals surface area contributed by atoms with Crippen LogP contribution in [-0.2, 0) is 44.5 Å². The summed E-state index contributed by atoms with van der Waals surface area (Å²) in [5.74, 6) is 0. The average molecular weight is 529 g/mol. The van der Waals surface area contributed by atoms with Crippen molar-refractivity contribution in [2.24, 2.45) is 0 Å². The zero-order valence-corrected chi connectivity index (χ0v) is 21.1. The first kappa shape index (κ1) is 26.4. The van der Waals surface area contributed by atoms with Crippen molar-refractivity contribution in [2.75, 3.05) is 13.7 Å². The summed E-state index contributed by atoms with van der Waals surface area (Å²) in [6, 6.07) is 18.6. The highest BCUT2D eigenvalue weighted by atomic mass is 16.8. The fourth-order valence-corrected chi connectivity index (χ4v) is 4.92. The highest BCUT2D eigenvalue weighted by Crippen LogP contribution is 2.37. The minimum absolute atomic E-state index is 0.0105. The smallest absolute Gasteiger partial charge is 0.431 e. The largest absolute Gasteiger partial charge is 0.509 e. The molecule has 1 saturated carbocycles. The number of hydrogen-bond donors (Lipinski definition) is 0. The summed E-state index contributed by atoms with van der Waals surface area (Å²) < 4.78 is 45.8. The van der Waals surface area contributed by atoms with Crippen LogP contribution in [0.2, 0.25) is 0 Å². The maximum absolute atomic E-state index is 12.8. The summed E-state index contributed by atoms with van der Waals surface area (Å²) >= 11 is 0. The highest BCUT2D eigenvalue weighted by Gasteiger charge is 2.54. The van der Waals surface area contributed by atoms with Gasteiger partial charge in [-0.25, -0.2) is 9.59 Å². The van der Waals surface area contributed by atoms with E-state index in [2.05, 4.69) is 0 Å². The van der Waals surface area contributed by atoms with Gasteiger partial charge in [-0.05, 0) is 31.2 Å². The summed E-state index contributed by atoms with van der Waals surface area (Å²) in [5.41, 5.74) is 1.58. The van der Waals surface area contributed by atoms with Gasteiger partial charge in [-0.3, -0.25) is 0 Å². The number of ether oxygens (including phenoxy) is 8. The second-order valence-electron chi connectivity index (χ2n) is 9.42. The van der Waals surface area contributed by atoms with Crippen LogP contribution in [0.4, 0.5) is 9.59 Å². The molecule has 10 nitrogen and oxygen atoms in total. The zero-order valence-electron chi connectivity index (χ0n) is 21.1. The van der Waals surface area contributed by atoms with Crippen LogP contribution in [0.1, 0.15) is 43.1 Å². The molecule has 0 bridgehead atoms. The van der Waals surface area contributed by atoms with Gasteiger partial charge in [-0.2, -0.15) is 0 Å². The van der Waals surface area contributed by atoms with Gasteiger partial charge in [0.1, 0.15) is 24.9 Å². The Balaban J connectivity index is 1.34. The van der Waals surface area contributed by atoms with Gasteiger partial charge in [0, 0.05) is 12.7 Å². The molecule has 0 radical (unpaired) electrons. The number of methoxy groups -OCH3 is 1. The summed E-state index contributed by atoms with van der Waals surface area (Å²) in [5, 5.41) is 0. The van der Waals surface area contributed by atoms with E-state index < -0.39 is 49.3 Å². The van der Waals surface area contributed by atoms with Crippen LogP contribution in [0.15, 0.2) is 60.7 Å². The van der Waals surface area contributed by atoms with E-state index in [1.807, 2.05) is 60.7 Å². The van der Waals surface area contributed by atoms with Crippen molar-refractivity contribution in [3.05, 3.63) is 71.8 Å². The number of carbonyl (C=O) groups is 2. The SMILES string of the molecule is CO[C@H]1O[C@@H]2COC(c3ccccc3)O[C@H]2[C@H](OC(=O)OCc2ccccc2)[C@H]1OC(=O)OC1CCCC1. The molecule has 2 aliphatic heterocycles. The van der Waals surface area contributed by atoms with E-state index in [1.165, 1.54) is 7.11 Å². The Labute approximate surface area is 221 Å². The lowest BCUT2D eigenvalue weighted by Gasteiger charge is -2.47. The first-order valence-electron chi connectivity index (χ1n) is 12.9. The van der Waals surface area contributed by atoms with Crippen LogP contribution in [-0.4, -0.2) is 62.8 Å². The predicted molar refractivity (Wildman–Crippen MR) is 131 cm³/mol. The van der Waals surface area contributed by atoms with Gasteiger partial charge in [0.05, 0.1) is 6.61 Å². The van der Waals surface area contributed by atoms with Crippen molar-refractivity contribution in [1.82, 2.24) is 0 Å². The third kappa shape index (κ3) is 6.44. The first-order chi connectivity index (χ1) is 18.6. The first-order valence-corrected chi connectivity index (χ1v) is 12.9. The van der Waals surface area contributed by atoms with Gasteiger partial charge < -0.3 is 37.9 Å². The molecule has 2 heterocycles. The number of benzene rings is 2. The van der Waals surface area contributed by atoms with Crippen molar-refractivity contribution in [2.45, 2.75) is 75.4 Å². The lowest BCUT2D eigenvalue weighted by molar-refractivity contribution is -0.358. The van der Waals surface area contributed by atoms with Crippen molar-refractivity contribution in [3.8, 4) is 0 Å². The topological polar surface area (TPSA) is 108 Å². The number of carbonyl (C=O) groups excluding carboxylic acids is 2. The van der Waals surface area contributed by atoms with Crippen LogP contribution in [0.25, 0.3) is 0 Å². The zero-order chi connectivity index (χ0) is 26.3. The molecule has 204 valence electrons. The predicted octanol–water partition coefficient (Wildman–Crippen LogP) is 4.66. The Morgan fingerprint density at radius 3 is 2.24 bits per heavy atom. The van der Waals surface area contributed by atoms with Crippen LogP contribution in [0.5, 0.6) is 0 Å². The molecule has 1 aliphatic carbocycles. The second-order valence-corrected chi connectivity index (χ2v) is 9.42. The normalized spacial score (nSPS) is 29.2. The van der Waals surface area contributed by atoms with Crippen molar-refractivity contribution in [3.63, 3.8) is 0 Å². The summed E-state index contributed by atoms with van der Waals surface area (Å²) in [6.07, 6.45) is -4.09. The Hall–Kier alpha value is -3.18. The summed E-state index contributed by atoms with van der Waals surface area (Å²) in [4.78, 5) is 25.6. The number of fused-ring (bicyclic) bond motifs is 1. The van der Waals surface area contributed by atoms with Crippen LogP contribution < -0.4 is 0 Å². The fourth-order valence-electron chi connectivity index (χ4n) is 4.92. The summed E-state index contributed by atoms with van der Waals surface area (Å²) in [6.45, 7) is 0.152. The number of rotatable bonds is 7. The molecule has 2 aromatic carbocycles. The van der Waals surface area contributed by atoms with E-state index >= 15 is 0 Å². The fraction of sp³-hybridized carbons (Fsp3) is 0.500. The second kappa shape index (κ2) is 12.6. The van der Waals surface area contributed by atoms with Crippen LogP contribution in [0, 0.1) is 0 Å². The maximum atomic E-state index is 12.8. The molecule has 6 atom stereocenters. The molecule has 2 aromatic rings. The van der Waals surface area contributed by atoms with Gasteiger partial charge in [0.25, 0.3) is 0 Å². The average Bonchev–Trinajstić information content (AvgIpc) is 3.46. The Morgan fingerprint density at radius 2 is 1.53 bits per heavy atom. The molecule has 0 N–H and O–H groups in total. The van der Waals surface area contributed by atoms with Crippen LogP contribution in [0.3, 0.4) is 0 Å². The lowest BCUT2D eigenvalue weighted by atomic mass is 9.97. The minimum atomic E-state index is -1.17. The lowest BCUT2D eigenvalue weighted by Crippen LogP contribution is -2.64. The van der Waals surface area contributed by atoms with Gasteiger partial charge in [-0.15, -0.1) is 0 Å². The Morgan fingerprint density at radius 1 is 0.842 bits per heavy atom. The molecule has 2 saturated heterocycles. The van der Waals surface area contributed by atoms with E-state index in [0.29, 0.717) is 0 Å². The molecule has 0 spiro atoms. The third-order valence-corrected chi connectivity index (χ3v) is 6.82. The Kier molecular flexibility index (Phi) is 8.75. The number of hydrogen-bond acceptors (Lipinski definition) is 10. The molecule has 1 unspecified atom stereocenters. The Bertz CT molecular complexity index is 1040. The van der Waals surface area contributed by atoms with Gasteiger partial charge in [0.15, 0.2) is 24.8 Å². The quantitative estimate of drug-likeness (QED) is 0.471. The third-order valence-electron chi connectivity index (χ3n) is 6.82. The molecule has 3 aliphatic rings. The van der Waals surface area contributed by atoms with E-state index in [4.69, 9.17) is 37.9 Å². The van der Waals surface area contributed by atoms with Gasteiger partial charge >= 0.3 is 12.3 Å². The van der Waals surface area contributed by atoms with E-state index in [9.17, 15) is 9.59 Å². The van der Waals surface area contributed by atoms with Crippen molar-refractivity contribution >= 4 is 12.3 Å². The van der Waals surface area contributed by atoms with E-state index in [0.717, 1.165) is 36.8 Å². The monoisotopic (exact) mass is 528 g/mol. The highest BCUT2D eigenvalue weighted by molar-refractivity contribution is 5.62. The molecular weight excluding hydrogens is 496 g/mol. The van der Waals surface area contributed by atoms with E-state index in [-0.39, 0.29) is 19.3 Å². The van der Waals surface area contributed by atoms with E-state index in [1.54, 1.807) is 0 Å². The molecular formula is C28H32O10. The molecule has 0 aromatic heterocycles. The molecule has 10 heteroatoms. The van der Waals surface area contributed by atoms with Gasteiger partial charge in [0.2, 0.25) is 0 Å². The molecule has 5 rings (SSSR count). The van der Waals surface area contributed by atoms with Crippen LogP contribution >= 0.6 is 0 Å². The minimum Gasteiger partial charge on any atom is -0.431 e. The van der Waals surface area contributed by atoms with Crippen molar-refractivity contribution < 1.29 is 47.5 Å². The molecule has 0 amide bonds. The summed E-state index contributed by atoms with van der Waals surface area (Å²) in [7, 11) is 1.41. The maximum Gasteiger partial charge on any atom is 0.509 e. The molecule has 3 fully saturated rings.